The maximum absolute atomic E-state index is 10.3. The largest absolute Gasteiger partial charge is 0.507 e. The van der Waals surface area contributed by atoms with Crippen molar-refractivity contribution >= 4 is 17.9 Å². The molecule has 0 aliphatic rings. The standard InChI is InChI=1S/C7H6O3.C4H6O4/c8-6-4-2-1-3-5(6)7(9)10;5-3(6)1-2-4(7)8/h1-4,8H,(H,9,10);1-2H2,(H,5,6)(H,7,8). The molecule has 1 rings (SSSR count). The molecule has 98 valence electrons. The molecule has 7 nitrogen and oxygen atoms in total. The predicted molar refractivity (Wildman–Crippen MR) is 59.6 cm³/mol. The molecule has 0 amide bonds. The van der Waals surface area contributed by atoms with Gasteiger partial charge < -0.3 is 20.4 Å². The Labute approximate surface area is 102 Å². The van der Waals surface area contributed by atoms with Gasteiger partial charge in [-0.1, -0.05) is 12.1 Å². The van der Waals surface area contributed by atoms with Crippen molar-refractivity contribution in [2.24, 2.45) is 0 Å². The molecule has 0 radical (unpaired) electrons. The Kier molecular flexibility index (Phi) is 6.57. The van der Waals surface area contributed by atoms with E-state index in [0.717, 1.165) is 0 Å². The third kappa shape index (κ3) is 6.83. The number of carboxylic acids is 3. The first-order chi connectivity index (χ1) is 8.34. The third-order valence-corrected chi connectivity index (χ3v) is 1.69. The molecule has 0 spiro atoms. The lowest BCUT2D eigenvalue weighted by Crippen LogP contribution is -2.00. The Morgan fingerprint density at radius 3 is 1.61 bits per heavy atom. The fourth-order valence-corrected chi connectivity index (χ4v) is 0.868. The van der Waals surface area contributed by atoms with E-state index in [1.165, 1.54) is 12.1 Å². The molecule has 4 N–H and O–H groups in total. The lowest BCUT2D eigenvalue weighted by Gasteiger charge is -1.95. The van der Waals surface area contributed by atoms with Crippen molar-refractivity contribution in [1.29, 1.82) is 0 Å². The van der Waals surface area contributed by atoms with Gasteiger partial charge in [0.05, 0.1) is 12.8 Å². The van der Waals surface area contributed by atoms with Gasteiger partial charge >= 0.3 is 17.9 Å². The van der Waals surface area contributed by atoms with Crippen LogP contribution in [0.5, 0.6) is 5.75 Å². The second kappa shape index (κ2) is 7.66. The summed E-state index contributed by atoms with van der Waals surface area (Å²) in [6.07, 6.45) is -0.593. The fraction of sp³-hybridized carbons (Fsp3) is 0.182. The van der Waals surface area contributed by atoms with Crippen LogP contribution in [0.2, 0.25) is 0 Å². The zero-order chi connectivity index (χ0) is 14.1. The molecular weight excluding hydrogens is 244 g/mol. The second-order valence-electron chi connectivity index (χ2n) is 3.11. The maximum atomic E-state index is 10.3. The van der Waals surface area contributed by atoms with Crippen molar-refractivity contribution < 1.29 is 34.8 Å². The van der Waals surface area contributed by atoms with E-state index in [1.54, 1.807) is 12.1 Å². The smallest absolute Gasteiger partial charge is 0.339 e. The van der Waals surface area contributed by atoms with Crippen LogP contribution in [0.25, 0.3) is 0 Å². The molecule has 0 aromatic heterocycles. The van der Waals surface area contributed by atoms with Crippen molar-refractivity contribution in [3.8, 4) is 5.75 Å². The number of aliphatic carboxylic acids is 2. The maximum Gasteiger partial charge on any atom is 0.339 e. The summed E-state index contributed by atoms with van der Waals surface area (Å²) in [7, 11) is 0. The summed E-state index contributed by atoms with van der Waals surface area (Å²) in [6.45, 7) is 0. The van der Waals surface area contributed by atoms with Gasteiger partial charge in [-0.15, -0.1) is 0 Å². The minimum Gasteiger partial charge on any atom is -0.507 e. The minimum absolute atomic E-state index is 0.0671. The average molecular weight is 256 g/mol. The summed E-state index contributed by atoms with van der Waals surface area (Å²) in [5.74, 6) is -3.46. The normalized spacial score (nSPS) is 8.89. The van der Waals surface area contributed by atoms with Crippen molar-refractivity contribution in [1.82, 2.24) is 0 Å². The lowest BCUT2D eigenvalue weighted by molar-refractivity contribution is -0.143. The SMILES string of the molecule is O=C(O)CCC(=O)O.O=C(O)c1ccccc1O. The van der Waals surface area contributed by atoms with Crippen LogP contribution in [0.15, 0.2) is 24.3 Å². The molecule has 0 aliphatic heterocycles. The lowest BCUT2D eigenvalue weighted by atomic mass is 10.2. The Morgan fingerprint density at radius 2 is 1.33 bits per heavy atom. The van der Waals surface area contributed by atoms with Crippen LogP contribution in [0.3, 0.4) is 0 Å². The van der Waals surface area contributed by atoms with Gasteiger partial charge in [0.25, 0.3) is 0 Å². The monoisotopic (exact) mass is 256 g/mol. The van der Waals surface area contributed by atoms with E-state index in [0.29, 0.717) is 0 Å². The van der Waals surface area contributed by atoms with Gasteiger partial charge in [0, 0.05) is 0 Å². The Bertz CT molecular complexity index is 425. The summed E-state index contributed by atoms with van der Waals surface area (Å²) >= 11 is 0. The van der Waals surface area contributed by atoms with Crippen LogP contribution in [0, 0.1) is 0 Å². The summed E-state index contributed by atoms with van der Waals surface area (Å²) in [4.78, 5) is 29.5. The van der Waals surface area contributed by atoms with Crippen molar-refractivity contribution in [2.45, 2.75) is 12.8 Å². The van der Waals surface area contributed by atoms with Gasteiger partial charge in [0.1, 0.15) is 11.3 Å². The van der Waals surface area contributed by atoms with Crippen LogP contribution in [-0.4, -0.2) is 38.3 Å². The van der Waals surface area contributed by atoms with Gasteiger partial charge in [0.15, 0.2) is 0 Å². The molecule has 1 aromatic rings. The highest BCUT2D eigenvalue weighted by molar-refractivity contribution is 5.90. The average Bonchev–Trinajstić information content (AvgIpc) is 2.27. The van der Waals surface area contributed by atoms with Crippen molar-refractivity contribution in [2.75, 3.05) is 0 Å². The first kappa shape index (κ1) is 15.4. The number of benzene rings is 1. The van der Waals surface area contributed by atoms with Crippen LogP contribution in [-0.2, 0) is 9.59 Å². The summed E-state index contributed by atoms with van der Waals surface area (Å²) < 4.78 is 0. The van der Waals surface area contributed by atoms with Gasteiger partial charge in [-0.3, -0.25) is 9.59 Å². The van der Waals surface area contributed by atoms with E-state index in [4.69, 9.17) is 20.4 Å². The number of aromatic carboxylic acids is 1. The summed E-state index contributed by atoms with van der Waals surface area (Å²) in [6, 6.07) is 5.81. The highest BCUT2D eigenvalue weighted by Gasteiger charge is 2.05. The molecule has 7 heteroatoms. The van der Waals surface area contributed by atoms with Crippen molar-refractivity contribution in [3.63, 3.8) is 0 Å². The van der Waals surface area contributed by atoms with Gasteiger partial charge in [0.2, 0.25) is 0 Å². The Balaban J connectivity index is 0.000000331. The molecule has 0 aliphatic carbocycles. The van der Waals surface area contributed by atoms with E-state index in [-0.39, 0.29) is 24.2 Å². The zero-order valence-electron chi connectivity index (χ0n) is 9.24. The number of phenols is 1. The van der Waals surface area contributed by atoms with Gasteiger partial charge in [-0.2, -0.15) is 0 Å². The van der Waals surface area contributed by atoms with E-state index in [2.05, 4.69) is 0 Å². The molecule has 0 unspecified atom stereocenters. The Hall–Kier alpha value is -2.57. The number of aromatic hydroxyl groups is 1. The van der Waals surface area contributed by atoms with Crippen LogP contribution >= 0.6 is 0 Å². The van der Waals surface area contributed by atoms with Crippen LogP contribution in [0.4, 0.5) is 0 Å². The van der Waals surface area contributed by atoms with E-state index >= 15 is 0 Å². The summed E-state index contributed by atoms with van der Waals surface area (Å²) in [5.41, 5.74) is -0.0671. The molecule has 0 atom stereocenters. The van der Waals surface area contributed by atoms with Gasteiger partial charge in [-0.05, 0) is 12.1 Å². The number of hydrogen-bond donors (Lipinski definition) is 4. The topological polar surface area (TPSA) is 132 Å². The second-order valence-corrected chi connectivity index (χ2v) is 3.11. The Morgan fingerprint density at radius 1 is 0.889 bits per heavy atom. The molecule has 18 heavy (non-hydrogen) atoms. The first-order valence-electron chi connectivity index (χ1n) is 4.79. The fourth-order valence-electron chi connectivity index (χ4n) is 0.868. The van der Waals surface area contributed by atoms with E-state index < -0.39 is 17.9 Å². The molecule has 0 saturated heterocycles. The van der Waals surface area contributed by atoms with Crippen LogP contribution < -0.4 is 0 Å². The number of carbonyl (C=O) groups is 3. The summed E-state index contributed by atoms with van der Waals surface area (Å²) in [5, 5.41) is 33.1. The molecule has 0 saturated carbocycles. The molecule has 0 fully saturated rings. The predicted octanol–water partition coefficient (Wildman–Crippen LogP) is 1.03. The molecule has 0 heterocycles. The number of rotatable bonds is 4. The quantitative estimate of drug-likeness (QED) is 0.632. The number of hydrogen-bond acceptors (Lipinski definition) is 4. The first-order valence-corrected chi connectivity index (χ1v) is 4.79. The molecular formula is C11H12O7. The van der Waals surface area contributed by atoms with Gasteiger partial charge in [-0.25, -0.2) is 4.79 Å². The van der Waals surface area contributed by atoms with E-state index in [1.807, 2.05) is 0 Å². The number of para-hydroxylation sites is 1. The highest BCUT2D eigenvalue weighted by Crippen LogP contribution is 2.14. The molecule has 1 aromatic carbocycles. The number of carboxylic acid groups (broad SMARTS) is 3. The van der Waals surface area contributed by atoms with Crippen molar-refractivity contribution in [3.05, 3.63) is 29.8 Å². The third-order valence-electron chi connectivity index (χ3n) is 1.69. The minimum atomic E-state index is -1.11. The van der Waals surface area contributed by atoms with Crippen LogP contribution in [0.1, 0.15) is 23.2 Å². The zero-order valence-corrected chi connectivity index (χ0v) is 9.24. The molecule has 0 bridgehead atoms. The highest BCUT2D eigenvalue weighted by atomic mass is 16.4. The van der Waals surface area contributed by atoms with E-state index in [9.17, 15) is 14.4 Å².